The van der Waals surface area contributed by atoms with Crippen molar-refractivity contribution in [1.82, 2.24) is 15.2 Å². The van der Waals surface area contributed by atoms with Gasteiger partial charge in [0.25, 0.3) is 0 Å². The van der Waals surface area contributed by atoms with Crippen molar-refractivity contribution in [1.29, 1.82) is 0 Å². The van der Waals surface area contributed by atoms with Gasteiger partial charge in [0, 0.05) is 18.3 Å². The van der Waals surface area contributed by atoms with Crippen LogP contribution in [-0.4, -0.2) is 52.0 Å². The van der Waals surface area contributed by atoms with Crippen LogP contribution >= 0.6 is 0 Å². The van der Waals surface area contributed by atoms with Crippen molar-refractivity contribution in [3.05, 3.63) is 54.0 Å². The van der Waals surface area contributed by atoms with E-state index in [4.69, 9.17) is 5.73 Å². The highest BCUT2D eigenvalue weighted by molar-refractivity contribution is 5.90. The van der Waals surface area contributed by atoms with Crippen molar-refractivity contribution in [2.75, 3.05) is 13.2 Å². The maximum atomic E-state index is 14.0. The number of rotatable bonds is 7. The molecule has 0 bridgehead atoms. The Morgan fingerprint density at radius 2 is 2.00 bits per heavy atom. The minimum atomic E-state index is -0.651. The molecule has 1 aromatic carbocycles. The Hall–Kier alpha value is -2.84. The first-order valence-electron chi connectivity index (χ1n) is 10.5. The molecule has 2 aromatic rings. The molecule has 3 atom stereocenters. The first-order valence-corrected chi connectivity index (χ1v) is 10.5. The fraction of sp³-hybridized carbons (Fsp3) is 0.435. The lowest BCUT2D eigenvalue weighted by Gasteiger charge is -2.29. The zero-order valence-corrected chi connectivity index (χ0v) is 17.8. The maximum Gasteiger partial charge on any atom is 0.243 e. The van der Waals surface area contributed by atoms with Gasteiger partial charge >= 0.3 is 0 Å². The molecule has 0 saturated carbocycles. The predicted octanol–water partition coefficient (Wildman–Crippen LogP) is 2.01. The number of hydrogen-bond acceptors (Lipinski definition) is 5. The van der Waals surface area contributed by atoms with Gasteiger partial charge in [-0.2, -0.15) is 0 Å². The maximum absolute atomic E-state index is 14.0. The lowest BCUT2D eigenvalue weighted by atomic mass is 10.0. The number of aliphatic hydroxyl groups excluding tert-OH is 1. The van der Waals surface area contributed by atoms with Gasteiger partial charge in [0.2, 0.25) is 11.8 Å². The Kier molecular flexibility index (Phi) is 7.35. The Balaban J connectivity index is 1.71. The third-order valence-electron chi connectivity index (χ3n) is 5.69. The van der Waals surface area contributed by atoms with Crippen LogP contribution < -0.4 is 11.1 Å². The summed E-state index contributed by atoms with van der Waals surface area (Å²) >= 11 is 0. The van der Waals surface area contributed by atoms with Crippen LogP contribution in [0.25, 0.3) is 11.3 Å². The standard InChI is InChI=1S/C23H29FN4O3/c1-14(2)20(25)23(31)28-12-4-6-19(28)22(30)27-18(13-29)15-7-9-16(10-8-15)21-17(24)5-3-11-26-21/h3,5,7-11,14,18-20,29H,4,6,12-13,25H2,1-2H3,(H,27,30). The Labute approximate surface area is 181 Å². The molecule has 0 spiro atoms. The van der Waals surface area contributed by atoms with Crippen molar-refractivity contribution in [3.63, 3.8) is 0 Å². The molecule has 8 heteroatoms. The van der Waals surface area contributed by atoms with Gasteiger partial charge in [0.15, 0.2) is 0 Å². The summed E-state index contributed by atoms with van der Waals surface area (Å²) in [6, 6.07) is 7.79. The van der Waals surface area contributed by atoms with Crippen LogP contribution in [0.3, 0.4) is 0 Å². The second-order valence-electron chi connectivity index (χ2n) is 8.16. The highest BCUT2D eigenvalue weighted by Gasteiger charge is 2.37. The summed E-state index contributed by atoms with van der Waals surface area (Å²) < 4.78 is 14.0. The quantitative estimate of drug-likeness (QED) is 0.625. The monoisotopic (exact) mass is 428 g/mol. The number of carbonyl (C=O) groups is 2. The van der Waals surface area contributed by atoms with Crippen LogP contribution in [0.1, 0.15) is 38.3 Å². The van der Waals surface area contributed by atoms with E-state index in [0.29, 0.717) is 24.1 Å². The topological polar surface area (TPSA) is 109 Å². The highest BCUT2D eigenvalue weighted by atomic mass is 19.1. The molecule has 1 aliphatic heterocycles. The van der Waals surface area contributed by atoms with E-state index in [9.17, 15) is 19.1 Å². The summed E-state index contributed by atoms with van der Waals surface area (Å²) in [7, 11) is 0. The molecular formula is C23H29FN4O3. The number of benzene rings is 1. The smallest absolute Gasteiger partial charge is 0.243 e. The number of nitrogens with zero attached hydrogens (tertiary/aromatic N) is 2. The molecule has 2 amide bonds. The molecule has 3 unspecified atom stereocenters. The largest absolute Gasteiger partial charge is 0.394 e. The number of hydrogen-bond donors (Lipinski definition) is 3. The van der Waals surface area contributed by atoms with Gasteiger partial charge in [0.05, 0.1) is 18.7 Å². The number of pyridine rings is 1. The molecule has 31 heavy (non-hydrogen) atoms. The van der Waals surface area contributed by atoms with E-state index in [2.05, 4.69) is 10.3 Å². The van der Waals surface area contributed by atoms with Crippen molar-refractivity contribution < 1.29 is 19.1 Å². The zero-order chi connectivity index (χ0) is 22.5. The van der Waals surface area contributed by atoms with Crippen LogP contribution in [-0.2, 0) is 9.59 Å². The number of aromatic nitrogens is 1. The average molecular weight is 429 g/mol. The molecule has 166 valence electrons. The van der Waals surface area contributed by atoms with Crippen LogP contribution in [0.15, 0.2) is 42.6 Å². The van der Waals surface area contributed by atoms with Crippen molar-refractivity contribution in [2.24, 2.45) is 11.7 Å². The number of nitrogens with two attached hydrogens (primary N) is 1. The molecule has 0 aliphatic carbocycles. The summed E-state index contributed by atoms with van der Waals surface area (Å²) in [5, 5.41) is 12.7. The van der Waals surface area contributed by atoms with Crippen LogP contribution in [0, 0.1) is 11.7 Å². The van der Waals surface area contributed by atoms with Gasteiger partial charge in [-0.15, -0.1) is 0 Å². The second kappa shape index (κ2) is 9.98. The number of carbonyl (C=O) groups excluding carboxylic acids is 2. The Bertz CT molecular complexity index is 919. The Morgan fingerprint density at radius 1 is 1.29 bits per heavy atom. The third-order valence-corrected chi connectivity index (χ3v) is 5.69. The number of amides is 2. The van der Waals surface area contributed by atoms with E-state index in [1.807, 2.05) is 13.8 Å². The van der Waals surface area contributed by atoms with Crippen LogP contribution in [0.5, 0.6) is 0 Å². The molecule has 1 aliphatic rings. The molecule has 7 nitrogen and oxygen atoms in total. The van der Waals surface area contributed by atoms with E-state index in [1.54, 1.807) is 29.2 Å². The highest BCUT2D eigenvalue weighted by Crippen LogP contribution is 2.24. The van der Waals surface area contributed by atoms with E-state index in [-0.39, 0.29) is 30.0 Å². The first-order chi connectivity index (χ1) is 14.8. The molecule has 3 rings (SSSR count). The number of halogens is 1. The predicted molar refractivity (Wildman–Crippen MR) is 115 cm³/mol. The van der Waals surface area contributed by atoms with E-state index >= 15 is 0 Å². The molecule has 1 saturated heterocycles. The van der Waals surface area contributed by atoms with Gasteiger partial charge in [-0.25, -0.2) is 4.39 Å². The summed E-state index contributed by atoms with van der Waals surface area (Å²) in [5.41, 5.74) is 7.50. The van der Waals surface area contributed by atoms with E-state index < -0.39 is 23.9 Å². The number of nitrogens with one attached hydrogen (secondary N) is 1. The molecule has 1 fully saturated rings. The minimum Gasteiger partial charge on any atom is -0.394 e. The zero-order valence-electron chi connectivity index (χ0n) is 17.8. The van der Waals surface area contributed by atoms with E-state index in [1.165, 1.54) is 18.3 Å². The molecule has 2 heterocycles. The summed E-state index contributed by atoms with van der Waals surface area (Å²) in [6.07, 6.45) is 2.80. The third kappa shape index (κ3) is 5.08. The van der Waals surface area contributed by atoms with Gasteiger partial charge in [-0.05, 0) is 36.5 Å². The number of aliphatic hydroxyl groups is 1. The lowest BCUT2D eigenvalue weighted by Crippen LogP contribution is -2.53. The van der Waals surface area contributed by atoms with Crippen LogP contribution in [0.2, 0.25) is 0 Å². The lowest BCUT2D eigenvalue weighted by molar-refractivity contribution is -0.140. The van der Waals surface area contributed by atoms with Gasteiger partial charge in [-0.1, -0.05) is 38.1 Å². The fourth-order valence-corrected chi connectivity index (χ4v) is 3.75. The molecule has 1 aromatic heterocycles. The fourth-order valence-electron chi connectivity index (χ4n) is 3.75. The van der Waals surface area contributed by atoms with Crippen LogP contribution in [0.4, 0.5) is 4.39 Å². The molecular weight excluding hydrogens is 399 g/mol. The summed E-state index contributed by atoms with van der Waals surface area (Å²) in [6.45, 7) is 3.92. The normalized spacial score (nSPS) is 18.1. The SMILES string of the molecule is CC(C)C(N)C(=O)N1CCCC1C(=O)NC(CO)c1ccc(-c2ncccc2F)cc1. The summed E-state index contributed by atoms with van der Waals surface area (Å²) in [5.74, 6) is -0.993. The van der Waals surface area contributed by atoms with Gasteiger partial charge < -0.3 is 21.1 Å². The van der Waals surface area contributed by atoms with Gasteiger partial charge in [0.1, 0.15) is 17.6 Å². The average Bonchev–Trinajstić information content (AvgIpc) is 3.27. The van der Waals surface area contributed by atoms with Crippen molar-refractivity contribution in [3.8, 4) is 11.3 Å². The minimum absolute atomic E-state index is 0.0237. The van der Waals surface area contributed by atoms with Crippen molar-refractivity contribution >= 4 is 11.8 Å². The van der Waals surface area contributed by atoms with Crippen molar-refractivity contribution in [2.45, 2.75) is 44.8 Å². The summed E-state index contributed by atoms with van der Waals surface area (Å²) in [4.78, 5) is 31.2. The number of likely N-dealkylation sites (tertiary alicyclic amines) is 1. The van der Waals surface area contributed by atoms with Gasteiger partial charge in [-0.3, -0.25) is 14.6 Å². The second-order valence-corrected chi connectivity index (χ2v) is 8.16. The molecule has 4 N–H and O–H groups in total. The van der Waals surface area contributed by atoms with E-state index in [0.717, 1.165) is 6.42 Å². The Morgan fingerprint density at radius 3 is 2.61 bits per heavy atom. The first kappa shape index (κ1) is 22.8. The molecule has 0 radical (unpaired) electrons.